The molecule has 8 heteroatoms. The number of hydrogen-bond acceptors (Lipinski definition) is 8. The Bertz CT molecular complexity index is 586. The number of cyclic esters (lactones) is 1. The highest BCUT2D eigenvalue weighted by atomic mass is 16.6. The Labute approximate surface area is 125 Å². The first-order valence-electron chi connectivity index (χ1n) is 6.28. The highest BCUT2D eigenvalue weighted by Gasteiger charge is 2.58. The molecule has 22 heavy (non-hydrogen) atoms. The first-order chi connectivity index (χ1) is 10.2. The summed E-state index contributed by atoms with van der Waals surface area (Å²) in [6.07, 6.45) is -0.207. The molecular weight excluding hydrogens is 296 g/mol. The fourth-order valence-corrected chi connectivity index (χ4v) is 1.91. The van der Waals surface area contributed by atoms with Gasteiger partial charge in [0.05, 0.1) is 0 Å². The summed E-state index contributed by atoms with van der Waals surface area (Å²) in [6, 6.07) is 0. The van der Waals surface area contributed by atoms with Crippen molar-refractivity contribution < 1.29 is 39.5 Å². The Morgan fingerprint density at radius 2 is 1.77 bits per heavy atom. The Morgan fingerprint density at radius 3 is 2.18 bits per heavy atom. The van der Waals surface area contributed by atoms with Crippen LogP contribution in [0.2, 0.25) is 0 Å². The molecule has 1 aliphatic heterocycles. The van der Waals surface area contributed by atoms with Crippen LogP contribution in [0.15, 0.2) is 35.8 Å². The van der Waals surface area contributed by atoms with Gasteiger partial charge < -0.3 is 25.2 Å². The lowest BCUT2D eigenvalue weighted by atomic mass is 9.82. The lowest BCUT2D eigenvalue weighted by Crippen LogP contribution is -2.60. The van der Waals surface area contributed by atoms with Crippen LogP contribution in [0.3, 0.4) is 0 Å². The van der Waals surface area contributed by atoms with Crippen molar-refractivity contribution in [2.75, 3.05) is 0 Å². The van der Waals surface area contributed by atoms with Crippen LogP contribution < -0.4 is 0 Å². The molecule has 0 saturated carbocycles. The zero-order valence-corrected chi connectivity index (χ0v) is 11.9. The van der Waals surface area contributed by atoms with E-state index in [9.17, 15) is 34.8 Å². The Hall–Kier alpha value is -2.45. The standard InChI is InChI=1S/C14H16O8/c1-3-5-7(15)11(19)14(21,8(16)6-4-2)12-9(17)10(18)13(20)22-12/h3-6,11-12,17-19,21H,1-2H3/b5-3+,6-4+/t11?,12-,14-/m0/s1. The molecule has 3 atom stereocenters. The summed E-state index contributed by atoms with van der Waals surface area (Å²) in [6.45, 7) is 2.91. The van der Waals surface area contributed by atoms with Gasteiger partial charge in [-0.05, 0) is 26.0 Å². The monoisotopic (exact) mass is 312 g/mol. The molecule has 0 saturated heterocycles. The molecule has 0 fully saturated rings. The molecule has 120 valence electrons. The van der Waals surface area contributed by atoms with Crippen molar-refractivity contribution in [2.24, 2.45) is 0 Å². The first-order valence-corrected chi connectivity index (χ1v) is 6.28. The molecule has 1 rings (SSSR count). The van der Waals surface area contributed by atoms with Gasteiger partial charge in [0.25, 0.3) is 0 Å². The van der Waals surface area contributed by atoms with Crippen LogP contribution in [0, 0.1) is 0 Å². The van der Waals surface area contributed by atoms with Crippen molar-refractivity contribution in [3.63, 3.8) is 0 Å². The topological polar surface area (TPSA) is 141 Å². The number of hydrogen-bond donors (Lipinski definition) is 4. The molecule has 1 heterocycles. The molecule has 4 N–H and O–H groups in total. The molecule has 1 aliphatic rings. The predicted octanol–water partition coefficient (Wildman–Crippen LogP) is -0.378. The van der Waals surface area contributed by atoms with Crippen LogP contribution >= 0.6 is 0 Å². The van der Waals surface area contributed by atoms with Gasteiger partial charge in [-0.3, -0.25) is 9.59 Å². The summed E-state index contributed by atoms with van der Waals surface area (Å²) in [7, 11) is 0. The lowest BCUT2D eigenvalue weighted by Gasteiger charge is -2.33. The average molecular weight is 312 g/mol. The maximum Gasteiger partial charge on any atom is 0.378 e. The molecular formula is C14H16O8. The first kappa shape index (κ1) is 17.6. The normalized spacial score (nSPS) is 22.9. The van der Waals surface area contributed by atoms with E-state index in [-0.39, 0.29) is 0 Å². The van der Waals surface area contributed by atoms with Crippen molar-refractivity contribution in [1.29, 1.82) is 0 Å². The van der Waals surface area contributed by atoms with Crippen LogP contribution in [0.5, 0.6) is 0 Å². The SMILES string of the molecule is C/C=C/C(=O)C(O)[C@@](O)(C(=O)/C=C/C)[C@H]1OC(=O)C(O)=C1O. The van der Waals surface area contributed by atoms with Gasteiger partial charge in [0.2, 0.25) is 17.5 Å². The van der Waals surface area contributed by atoms with E-state index < -0.39 is 46.9 Å². The number of allylic oxidation sites excluding steroid dienone is 2. The number of carbonyl (C=O) groups is 3. The zero-order chi connectivity index (χ0) is 17.1. The van der Waals surface area contributed by atoms with Crippen molar-refractivity contribution in [3.8, 4) is 0 Å². The van der Waals surface area contributed by atoms with Crippen molar-refractivity contribution in [3.05, 3.63) is 35.8 Å². The molecule has 0 radical (unpaired) electrons. The third kappa shape index (κ3) is 2.78. The van der Waals surface area contributed by atoms with E-state index in [0.29, 0.717) is 0 Å². The quantitative estimate of drug-likeness (QED) is 0.384. The van der Waals surface area contributed by atoms with E-state index in [1.54, 1.807) is 0 Å². The Kier molecular flexibility index (Phi) is 5.23. The number of aliphatic hydroxyl groups is 4. The van der Waals surface area contributed by atoms with E-state index in [4.69, 9.17) is 0 Å². The molecule has 0 amide bonds. The zero-order valence-electron chi connectivity index (χ0n) is 11.9. The molecule has 0 aromatic rings. The maximum atomic E-state index is 12.1. The summed E-state index contributed by atoms with van der Waals surface area (Å²) >= 11 is 0. The third-order valence-corrected chi connectivity index (χ3v) is 3.04. The molecule has 0 bridgehead atoms. The summed E-state index contributed by atoms with van der Waals surface area (Å²) in [5.41, 5.74) is -2.98. The fraction of sp³-hybridized carbons (Fsp3) is 0.357. The van der Waals surface area contributed by atoms with Crippen molar-refractivity contribution in [2.45, 2.75) is 31.7 Å². The maximum absolute atomic E-state index is 12.1. The number of aliphatic hydroxyl groups excluding tert-OH is 3. The second-order valence-electron chi connectivity index (χ2n) is 4.51. The Balaban J connectivity index is 3.39. The lowest BCUT2D eigenvalue weighted by molar-refractivity contribution is -0.179. The van der Waals surface area contributed by atoms with Crippen LogP contribution in [-0.2, 0) is 19.1 Å². The van der Waals surface area contributed by atoms with Crippen LogP contribution in [0.1, 0.15) is 13.8 Å². The summed E-state index contributed by atoms with van der Waals surface area (Å²) in [5, 5.41) is 39.4. The number of rotatable bonds is 6. The number of esters is 1. The fourth-order valence-electron chi connectivity index (χ4n) is 1.91. The minimum Gasteiger partial charge on any atom is -0.505 e. The van der Waals surface area contributed by atoms with Gasteiger partial charge in [0.15, 0.2) is 23.4 Å². The van der Waals surface area contributed by atoms with Gasteiger partial charge >= 0.3 is 5.97 Å². The average Bonchev–Trinajstić information content (AvgIpc) is 2.74. The van der Waals surface area contributed by atoms with E-state index in [1.807, 2.05) is 0 Å². The minimum atomic E-state index is -2.98. The smallest absolute Gasteiger partial charge is 0.378 e. The van der Waals surface area contributed by atoms with Gasteiger partial charge in [-0.15, -0.1) is 0 Å². The summed E-state index contributed by atoms with van der Waals surface area (Å²) in [4.78, 5) is 35.1. The number of ketones is 2. The largest absolute Gasteiger partial charge is 0.505 e. The molecule has 8 nitrogen and oxygen atoms in total. The van der Waals surface area contributed by atoms with Gasteiger partial charge in [0.1, 0.15) is 0 Å². The van der Waals surface area contributed by atoms with Crippen molar-refractivity contribution >= 4 is 17.5 Å². The van der Waals surface area contributed by atoms with Crippen LogP contribution in [0.25, 0.3) is 0 Å². The second kappa shape index (κ2) is 6.54. The molecule has 0 aromatic carbocycles. The Morgan fingerprint density at radius 1 is 1.23 bits per heavy atom. The van der Waals surface area contributed by atoms with Gasteiger partial charge in [-0.25, -0.2) is 4.79 Å². The van der Waals surface area contributed by atoms with Gasteiger partial charge in [-0.2, -0.15) is 0 Å². The van der Waals surface area contributed by atoms with Crippen molar-refractivity contribution in [1.82, 2.24) is 0 Å². The highest BCUT2D eigenvalue weighted by Crippen LogP contribution is 2.32. The minimum absolute atomic E-state index is 0.836. The molecule has 1 unspecified atom stereocenters. The second-order valence-corrected chi connectivity index (χ2v) is 4.51. The van der Waals surface area contributed by atoms with E-state index in [0.717, 1.165) is 12.2 Å². The molecule has 0 aromatic heterocycles. The van der Waals surface area contributed by atoms with Gasteiger partial charge in [-0.1, -0.05) is 12.2 Å². The van der Waals surface area contributed by atoms with Crippen LogP contribution in [0.4, 0.5) is 0 Å². The summed E-state index contributed by atoms with van der Waals surface area (Å²) in [5.74, 6) is -5.96. The van der Waals surface area contributed by atoms with Crippen LogP contribution in [-0.4, -0.2) is 55.8 Å². The molecule has 0 aliphatic carbocycles. The van der Waals surface area contributed by atoms with E-state index in [2.05, 4.69) is 4.74 Å². The summed E-state index contributed by atoms with van der Waals surface area (Å²) < 4.78 is 4.51. The third-order valence-electron chi connectivity index (χ3n) is 3.04. The van der Waals surface area contributed by atoms with E-state index >= 15 is 0 Å². The predicted molar refractivity (Wildman–Crippen MR) is 72.8 cm³/mol. The number of carbonyl (C=O) groups excluding carboxylic acids is 3. The number of ether oxygens (including phenoxy) is 1. The molecule has 0 spiro atoms. The van der Waals surface area contributed by atoms with E-state index in [1.165, 1.54) is 26.0 Å². The highest BCUT2D eigenvalue weighted by molar-refractivity contribution is 6.06. The van der Waals surface area contributed by atoms with Gasteiger partial charge in [0, 0.05) is 0 Å².